The van der Waals surface area contributed by atoms with Crippen molar-refractivity contribution in [1.82, 2.24) is 19.9 Å². The minimum Gasteiger partial charge on any atom is -0.464 e. The zero-order valence-corrected chi connectivity index (χ0v) is 14.2. The second-order valence-corrected chi connectivity index (χ2v) is 5.90. The lowest BCUT2D eigenvalue weighted by atomic mass is 10.5. The van der Waals surface area contributed by atoms with E-state index in [2.05, 4.69) is 48.1 Å². The molecule has 112 valence electrons. The van der Waals surface area contributed by atoms with Crippen LogP contribution in [0.15, 0.2) is 33.0 Å². The van der Waals surface area contributed by atoms with Crippen molar-refractivity contribution in [1.29, 1.82) is 0 Å². The van der Waals surface area contributed by atoms with E-state index >= 15 is 0 Å². The normalized spacial score (nSPS) is 10.4. The zero-order valence-electron chi connectivity index (χ0n) is 11.8. The average molecular weight is 370 g/mol. The van der Waals surface area contributed by atoms with E-state index in [-0.39, 0.29) is 0 Å². The van der Waals surface area contributed by atoms with Gasteiger partial charge in [-0.25, -0.2) is 4.98 Å². The molecule has 0 bridgehead atoms. The molecular weight excluding hydrogens is 354 g/mol. The Kier molecular flexibility index (Phi) is 6.19. The number of anilines is 1. The summed E-state index contributed by atoms with van der Waals surface area (Å²) in [4.78, 5) is 17.2. The number of hydrogen-bond acceptors (Lipinski definition) is 7. The minimum atomic E-state index is 0.325. The molecule has 0 saturated carbocycles. The number of ether oxygens (including phenoxy) is 1. The molecule has 2 aromatic rings. The van der Waals surface area contributed by atoms with Crippen molar-refractivity contribution in [2.24, 2.45) is 0 Å². The summed E-state index contributed by atoms with van der Waals surface area (Å²) in [5, 5.41) is 4.52. The highest BCUT2D eigenvalue weighted by Gasteiger charge is 2.09. The molecule has 2 heterocycles. The van der Waals surface area contributed by atoms with Crippen molar-refractivity contribution in [2.45, 2.75) is 30.5 Å². The van der Waals surface area contributed by atoms with Crippen LogP contribution >= 0.6 is 27.7 Å². The van der Waals surface area contributed by atoms with Crippen LogP contribution in [0.25, 0.3) is 0 Å². The van der Waals surface area contributed by atoms with Gasteiger partial charge in [-0.1, -0.05) is 6.92 Å². The van der Waals surface area contributed by atoms with Crippen LogP contribution in [-0.4, -0.2) is 33.1 Å². The fourth-order valence-corrected chi connectivity index (χ4v) is 2.33. The second kappa shape index (κ2) is 8.14. The zero-order chi connectivity index (χ0) is 15.1. The largest absolute Gasteiger partial charge is 0.464 e. The van der Waals surface area contributed by atoms with Crippen molar-refractivity contribution in [2.75, 3.05) is 18.5 Å². The Balaban J connectivity index is 2.19. The molecule has 0 aliphatic carbocycles. The topological polar surface area (TPSA) is 72.8 Å². The van der Waals surface area contributed by atoms with Gasteiger partial charge in [-0.05, 0) is 53.2 Å². The Bertz CT molecular complexity index is 581. The van der Waals surface area contributed by atoms with Crippen molar-refractivity contribution < 1.29 is 4.74 Å². The molecule has 0 saturated heterocycles. The molecule has 0 aliphatic heterocycles. The van der Waals surface area contributed by atoms with Crippen LogP contribution < -0.4 is 10.1 Å². The summed E-state index contributed by atoms with van der Waals surface area (Å²) in [5.41, 5.74) is 0. The first-order valence-electron chi connectivity index (χ1n) is 6.63. The molecular formula is C13H16BrN5OS. The van der Waals surface area contributed by atoms with E-state index in [0.717, 1.165) is 22.5 Å². The lowest BCUT2D eigenvalue weighted by molar-refractivity contribution is 0.308. The molecule has 2 aromatic heterocycles. The van der Waals surface area contributed by atoms with Crippen molar-refractivity contribution in [3.63, 3.8) is 0 Å². The molecule has 0 radical (unpaired) electrons. The van der Waals surface area contributed by atoms with Crippen LogP contribution in [0.4, 0.5) is 5.95 Å². The summed E-state index contributed by atoms with van der Waals surface area (Å²) in [5.74, 6) is 0.523. The number of nitrogens with zero attached hydrogens (tertiary/aromatic N) is 4. The fraction of sp³-hybridized carbons (Fsp3) is 0.385. The van der Waals surface area contributed by atoms with Crippen LogP contribution in [0.5, 0.6) is 6.01 Å². The summed E-state index contributed by atoms with van der Waals surface area (Å²) in [6, 6.07) is 4.15. The van der Waals surface area contributed by atoms with E-state index in [1.165, 1.54) is 11.8 Å². The Morgan fingerprint density at radius 2 is 2.10 bits per heavy atom. The van der Waals surface area contributed by atoms with E-state index in [9.17, 15) is 0 Å². The van der Waals surface area contributed by atoms with Crippen LogP contribution in [0.1, 0.15) is 20.3 Å². The van der Waals surface area contributed by atoms with Gasteiger partial charge in [0.2, 0.25) is 11.1 Å². The van der Waals surface area contributed by atoms with E-state index in [1.807, 2.05) is 19.1 Å². The SMILES string of the molecule is CCCNc1nc(OCC)nc(Sc2ccc(Br)cn2)n1. The summed E-state index contributed by atoms with van der Waals surface area (Å²) in [6.07, 6.45) is 2.73. The van der Waals surface area contributed by atoms with E-state index in [1.54, 1.807) is 6.20 Å². The first-order valence-corrected chi connectivity index (χ1v) is 8.24. The Labute approximate surface area is 136 Å². The van der Waals surface area contributed by atoms with Gasteiger partial charge in [-0.15, -0.1) is 0 Å². The molecule has 8 heteroatoms. The fourth-order valence-electron chi connectivity index (χ4n) is 1.41. The summed E-state index contributed by atoms with van der Waals surface area (Å²) < 4.78 is 6.31. The molecule has 0 aromatic carbocycles. The van der Waals surface area contributed by atoms with Crippen molar-refractivity contribution >= 4 is 33.6 Å². The van der Waals surface area contributed by atoms with Gasteiger partial charge in [0.15, 0.2) is 0 Å². The van der Waals surface area contributed by atoms with Gasteiger partial charge in [0.25, 0.3) is 0 Å². The Morgan fingerprint density at radius 1 is 1.24 bits per heavy atom. The van der Waals surface area contributed by atoms with Gasteiger partial charge < -0.3 is 10.1 Å². The predicted molar refractivity (Wildman–Crippen MR) is 85.8 cm³/mol. The summed E-state index contributed by atoms with van der Waals surface area (Å²) >= 11 is 4.73. The maximum Gasteiger partial charge on any atom is 0.322 e. The Hall–Kier alpha value is -1.41. The minimum absolute atomic E-state index is 0.325. The number of halogens is 1. The quantitative estimate of drug-likeness (QED) is 0.801. The van der Waals surface area contributed by atoms with Gasteiger partial charge in [0.1, 0.15) is 5.03 Å². The van der Waals surface area contributed by atoms with Crippen LogP contribution in [0, 0.1) is 0 Å². The number of rotatable bonds is 7. The standard InChI is InChI=1S/C13H16BrN5OS/c1-3-7-15-11-17-12(20-4-2)19-13(18-11)21-10-6-5-9(14)8-16-10/h5-6,8H,3-4,7H2,1-2H3,(H,15,17,18,19). The molecule has 21 heavy (non-hydrogen) atoms. The van der Waals surface area contributed by atoms with E-state index in [4.69, 9.17) is 4.74 Å². The lowest BCUT2D eigenvalue weighted by Gasteiger charge is -2.07. The molecule has 6 nitrogen and oxygen atoms in total. The van der Waals surface area contributed by atoms with Gasteiger partial charge in [-0.3, -0.25) is 0 Å². The molecule has 0 unspecified atom stereocenters. The van der Waals surface area contributed by atoms with Gasteiger partial charge in [-0.2, -0.15) is 15.0 Å². The van der Waals surface area contributed by atoms with Crippen molar-refractivity contribution in [3.8, 4) is 6.01 Å². The number of aromatic nitrogens is 4. The molecule has 0 spiro atoms. The average Bonchev–Trinajstić information content (AvgIpc) is 2.48. The van der Waals surface area contributed by atoms with E-state index < -0.39 is 0 Å². The first kappa shape index (κ1) is 16.0. The second-order valence-electron chi connectivity index (χ2n) is 4.00. The smallest absolute Gasteiger partial charge is 0.322 e. The van der Waals surface area contributed by atoms with E-state index in [0.29, 0.717) is 23.7 Å². The molecule has 1 N–H and O–H groups in total. The number of nitrogens with one attached hydrogen (secondary N) is 1. The Morgan fingerprint density at radius 3 is 2.76 bits per heavy atom. The third-order valence-corrected chi connectivity index (χ3v) is 3.58. The third-order valence-electron chi connectivity index (χ3n) is 2.30. The summed E-state index contributed by atoms with van der Waals surface area (Å²) in [6.45, 7) is 5.29. The molecule has 0 aliphatic rings. The first-order chi connectivity index (χ1) is 10.2. The maximum absolute atomic E-state index is 5.38. The summed E-state index contributed by atoms with van der Waals surface area (Å²) in [7, 11) is 0. The van der Waals surface area contributed by atoms with Crippen LogP contribution in [0.3, 0.4) is 0 Å². The monoisotopic (exact) mass is 369 g/mol. The number of hydrogen-bond donors (Lipinski definition) is 1. The lowest BCUT2D eigenvalue weighted by Crippen LogP contribution is -2.08. The highest BCUT2D eigenvalue weighted by atomic mass is 79.9. The van der Waals surface area contributed by atoms with Gasteiger partial charge in [0.05, 0.1) is 6.61 Å². The molecule has 2 rings (SSSR count). The molecule has 0 amide bonds. The third kappa shape index (κ3) is 5.13. The van der Waals surface area contributed by atoms with Gasteiger partial charge in [0, 0.05) is 17.2 Å². The van der Waals surface area contributed by atoms with Crippen molar-refractivity contribution in [3.05, 3.63) is 22.8 Å². The molecule has 0 fully saturated rings. The predicted octanol–water partition coefficient (Wildman–Crippen LogP) is 3.40. The maximum atomic E-state index is 5.38. The highest BCUT2D eigenvalue weighted by Crippen LogP contribution is 2.25. The van der Waals surface area contributed by atoms with Gasteiger partial charge >= 0.3 is 6.01 Å². The molecule has 0 atom stereocenters. The highest BCUT2D eigenvalue weighted by molar-refractivity contribution is 9.10. The van der Waals surface area contributed by atoms with Crippen LogP contribution in [0.2, 0.25) is 0 Å². The van der Waals surface area contributed by atoms with Crippen LogP contribution in [-0.2, 0) is 0 Å². The number of pyridine rings is 1.